The molecule has 0 aliphatic carbocycles. The zero-order chi connectivity index (χ0) is 10.4. The van der Waals surface area contributed by atoms with Crippen molar-refractivity contribution in [3.05, 3.63) is 29.8 Å². The van der Waals surface area contributed by atoms with Gasteiger partial charge in [0, 0.05) is 19.3 Å². The van der Waals surface area contributed by atoms with Crippen molar-refractivity contribution in [2.45, 2.75) is 6.42 Å². The summed E-state index contributed by atoms with van der Waals surface area (Å²) in [6, 6.07) is 9.33. The summed E-state index contributed by atoms with van der Waals surface area (Å²) in [5.74, 6) is 0. The molecule has 0 spiro atoms. The molecule has 0 heterocycles. The van der Waals surface area contributed by atoms with Gasteiger partial charge in [-0.2, -0.15) is 5.26 Å². The first-order valence-corrected chi connectivity index (χ1v) is 4.55. The molecule has 0 fully saturated rings. The third-order valence-electron chi connectivity index (χ3n) is 2.06. The number of rotatable bonds is 4. The van der Waals surface area contributed by atoms with Crippen LogP contribution < -0.4 is 4.90 Å². The van der Waals surface area contributed by atoms with Crippen LogP contribution in [0.3, 0.4) is 0 Å². The van der Waals surface area contributed by atoms with Gasteiger partial charge in [0.15, 0.2) is 0 Å². The molecule has 0 bridgehead atoms. The van der Waals surface area contributed by atoms with Crippen LogP contribution in [0.5, 0.6) is 0 Å². The van der Waals surface area contributed by atoms with E-state index in [9.17, 15) is 4.39 Å². The van der Waals surface area contributed by atoms with Gasteiger partial charge >= 0.3 is 0 Å². The molecule has 14 heavy (non-hydrogen) atoms. The first kappa shape index (κ1) is 10.5. The van der Waals surface area contributed by atoms with Crippen LogP contribution in [-0.4, -0.2) is 20.3 Å². The normalized spacial score (nSPS) is 9.50. The Hall–Kier alpha value is -1.56. The fraction of sp³-hybridized carbons (Fsp3) is 0.364. The van der Waals surface area contributed by atoms with E-state index in [4.69, 9.17) is 5.26 Å². The smallest absolute Gasteiger partial charge is 0.0991 e. The molecular formula is C11H13FN2. The second-order valence-electron chi connectivity index (χ2n) is 3.12. The maximum Gasteiger partial charge on any atom is 0.0991 e. The Labute approximate surface area is 83.6 Å². The Morgan fingerprint density at radius 2 is 2.00 bits per heavy atom. The van der Waals surface area contributed by atoms with E-state index < -0.39 is 0 Å². The molecule has 0 atom stereocenters. The highest BCUT2D eigenvalue weighted by atomic mass is 19.1. The molecule has 2 nitrogen and oxygen atoms in total. The molecule has 1 aromatic rings. The van der Waals surface area contributed by atoms with Gasteiger partial charge < -0.3 is 4.90 Å². The maximum absolute atomic E-state index is 11.9. The summed E-state index contributed by atoms with van der Waals surface area (Å²) in [6.45, 7) is 0.406. The maximum atomic E-state index is 11.9. The number of alkyl halides is 1. The predicted molar refractivity (Wildman–Crippen MR) is 55.0 cm³/mol. The molecule has 1 rings (SSSR count). The molecule has 0 aliphatic heterocycles. The molecule has 0 N–H and O–H groups in total. The van der Waals surface area contributed by atoms with Crippen LogP contribution in [-0.2, 0) is 0 Å². The molecule has 0 amide bonds. The molecule has 0 saturated heterocycles. The number of halogens is 1. The van der Waals surface area contributed by atoms with Crippen LogP contribution in [0, 0.1) is 11.3 Å². The SMILES string of the molecule is CN(CCCF)c1ccc(C#N)cc1. The third-order valence-corrected chi connectivity index (χ3v) is 2.06. The summed E-state index contributed by atoms with van der Waals surface area (Å²) in [5.41, 5.74) is 1.66. The fourth-order valence-electron chi connectivity index (χ4n) is 1.22. The van der Waals surface area contributed by atoms with Crippen LogP contribution in [0.2, 0.25) is 0 Å². The summed E-state index contributed by atoms with van der Waals surface area (Å²) in [7, 11) is 1.91. The van der Waals surface area contributed by atoms with E-state index in [1.807, 2.05) is 24.1 Å². The first-order chi connectivity index (χ1) is 6.77. The van der Waals surface area contributed by atoms with Crippen molar-refractivity contribution in [1.29, 1.82) is 5.26 Å². The van der Waals surface area contributed by atoms with Crippen molar-refractivity contribution < 1.29 is 4.39 Å². The minimum Gasteiger partial charge on any atom is -0.375 e. The van der Waals surface area contributed by atoms with Crippen LogP contribution in [0.4, 0.5) is 10.1 Å². The fourth-order valence-corrected chi connectivity index (χ4v) is 1.22. The molecule has 74 valence electrons. The van der Waals surface area contributed by atoms with E-state index in [2.05, 4.69) is 6.07 Å². The molecule has 1 aromatic carbocycles. The zero-order valence-electron chi connectivity index (χ0n) is 8.20. The zero-order valence-corrected chi connectivity index (χ0v) is 8.20. The minimum atomic E-state index is -0.291. The van der Waals surface area contributed by atoms with Gasteiger partial charge in [-0.1, -0.05) is 0 Å². The van der Waals surface area contributed by atoms with E-state index in [-0.39, 0.29) is 6.67 Å². The van der Waals surface area contributed by atoms with Crippen molar-refractivity contribution in [2.75, 3.05) is 25.2 Å². The molecule has 0 aliphatic rings. The van der Waals surface area contributed by atoms with E-state index in [1.54, 1.807) is 12.1 Å². The second-order valence-corrected chi connectivity index (χ2v) is 3.12. The average molecular weight is 192 g/mol. The summed E-state index contributed by atoms with van der Waals surface area (Å²) < 4.78 is 11.9. The summed E-state index contributed by atoms with van der Waals surface area (Å²) in [4.78, 5) is 1.97. The van der Waals surface area contributed by atoms with Gasteiger partial charge in [0.05, 0.1) is 18.3 Å². The largest absolute Gasteiger partial charge is 0.375 e. The number of hydrogen-bond donors (Lipinski definition) is 0. The Bertz CT molecular complexity index is 313. The monoisotopic (exact) mass is 192 g/mol. The van der Waals surface area contributed by atoms with E-state index in [0.717, 1.165) is 5.69 Å². The van der Waals surface area contributed by atoms with Crippen molar-refractivity contribution >= 4 is 5.69 Å². The van der Waals surface area contributed by atoms with Crippen molar-refractivity contribution in [1.82, 2.24) is 0 Å². The second kappa shape index (κ2) is 5.23. The number of nitriles is 1. The van der Waals surface area contributed by atoms with Crippen LogP contribution >= 0.6 is 0 Å². The van der Waals surface area contributed by atoms with E-state index in [0.29, 0.717) is 18.5 Å². The lowest BCUT2D eigenvalue weighted by molar-refractivity contribution is 0.474. The molecule has 0 saturated carbocycles. The molecule has 3 heteroatoms. The van der Waals surface area contributed by atoms with Gasteiger partial charge in [-0.15, -0.1) is 0 Å². The van der Waals surface area contributed by atoms with Gasteiger partial charge in [-0.25, -0.2) is 0 Å². The lowest BCUT2D eigenvalue weighted by atomic mass is 10.2. The summed E-state index contributed by atoms with van der Waals surface area (Å²) in [5, 5.41) is 8.60. The van der Waals surface area contributed by atoms with Crippen molar-refractivity contribution in [3.63, 3.8) is 0 Å². The third kappa shape index (κ3) is 2.74. The highest BCUT2D eigenvalue weighted by Crippen LogP contribution is 2.13. The number of hydrogen-bond acceptors (Lipinski definition) is 2. The van der Waals surface area contributed by atoms with E-state index >= 15 is 0 Å². The van der Waals surface area contributed by atoms with Crippen LogP contribution in [0.1, 0.15) is 12.0 Å². The first-order valence-electron chi connectivity index (χ1n) is 4.55. The standard InChI is InChI=1S/C11H13FN2/c1-14(8-2-7-12)11-5-3-10(9-13)4-6-11/h3-6H,2,7-8H2,1H3. The number of anilines is 1. The molecule has 0 aromatic heterocycles. The van der Waals surface area contributed by atoms with Gasteiger partial charge in [0.1, 0.15) is 0 Å². The lowest BCUT2D eigenvalue weighted by Crippen LogP contribution is -2.18. The Morgan fingerprint density at radius 3 is 2.50 bits per heavy atom. The highest BCUT2D eigenvalue weighted by Gasteiger charge is 1.99. The predicted octanol–water partition coefficient (Wildman–Crippen LogP) is 2.35. The van der Waals surface area contributed by atoms with Gasteiger partial charge in [0.25, 0.3) is 0 Å². The van der Waals surface area contributed by atoms with Crippen LogP contribution in [0.25, 0.3) is 0 Å². The molecule has 0 unspecified atom stereocenters. The minimum absolute atomic E-state index is 0.291. The van der Waals surface area contributed by atoms with Gasteiger partial charge in [0.2, 0.25) is 0 Å². The quantitative estimate of drug-likeness (QED) is 0.732. The lowest BCUT2D eigenvalue weighted by Gasteiger charge is -2.18. The Balaban J connectivity index is 2.63. The number of nitrogens with zero attached hydrogens (tertiary/aromatic N) is 2. The van der Waals surface area contributed by atoms with Crippen LogP contribution in [0.15, 0.2) is 24.3 Å². The Kier molecular flexibility index (Phi) is 3.93. The number of benzene rings is 1. The van der Waals surface area contributed by atoms with Gasteiger partial charge in [-0.3, -0.25) is 4.39 Å². The summed E-state index contributed by atoms with van der Waals surface area (Å²) in [6.07, 6.45) is 0.538. The van der Waals surface area contributed by atoms with Crippen molar-refractivity contribution in [2.24, 2.45) is 0 Å². The van der Waals surface area contributed by atoms with Gasteiger partial charge in [-0.05, 0) is 30.7 Å². The topological polar surface area (TPSA) is 27.0 Å². The summed E-state index contributed by atoms with van der Waals surface area (Å²) >= 11 is 0. The molecular weight excluding hydrogens is 179 g/mol. The Morgan fingerprint density at radius 1 is 1.36 bits per heavy atom. The van der Waals surface area contributed by atoms with Crippen molar-refractivity contribution in [3.8, 4) is 6.07 Å². The highest BCUT2D eigenvalue weighted by molar-refractivity contribution is 5.48. The average Bonchev–Trinajstić information content (AvgIpc) is 2.26. The molecule has 0 radical (unpaired) electrons. The van der Waals surface area contributed by atoms with E-state index in [1.165, 1.54) is 0 Å².